The smallest absolute Gasteiger partial charge is 0.270 e. The van der Waals surface area contributed by atoms with E-state index in [0.29, 0.717) is 49.0 Å². The van der Waals surface area contributed by atoms with Gasteiger partial charge in [0.2, 0.25) is 5.91 Å². The summed E-state index contributed by atoms with van der Waals surface area (Å²) in [4.78, 5) is 43.0. The first kappa shape index (κ1) is 25.2. The molecule has 6 rings (SSSR count). The number of hydrogen-bond donors (Lipinski definition) is 3. The van der Waals surface area contributed by atoms with Gasteiger partial charge in [-0.25, -0.2) is 0 Å². The van der Waals surface area contributed by atoms with Crippen molar-refractivity contribution in [3.05, 3.63) is 77.6 Å². The molecular weight excluding hydrogens is 488 g/mol. The van der Waals surface area contributed by atoms with E-state index >= 15 is 0 Å². The third kappa shape index (κ3) is 5.91. The van der Waals surface area contributed by atoms with Crippen LogP contribution >= 0.6 is 0 Å². The van der Waals surface area contributed by atoms with Crippen molar-refractivity contribution >= 4 is 17.7 Å². The van der Waals surface area contributed by atoms with E-state index in [0.717, 1.165) is 11.1 Å². The van der Waals surface area contributed by atoms with Gasteiger partial charge in [0.1, 0.15) is 17.5 Å². The summed E-state index contributed by atoms with van der Waals surface area (Å²) in [5, 5.41) is 5.92. The molecular formula is C28H30N4O6. The van der Waals surface area contributed by atoms with E-state index in [9.17, 15) is 14.4 Å². The molecule has 1 saturated heterocycles. The average molecular weight is 519 g/mol. The summed E-state index contributed by atoms with van der Waals surface area (Å²) in [5.41, 5.74) is 2.25. The van der Waals surface area contributed by atoms with Crippen LogP contribution in [0.25, 0.3) is 0 Å². The Bertz CT molecular complexity index is 1290. The molecule has 10 heteroatoms. The Kier molecular flexibility index (Phi) is 7.48. The minimum absolute atomic E-state index is 0.147. The van der Waals surface area contributed by atoms with Crippen molar-refractivity contribution in [2.24, 2.45) is 0 Å². The average Bonchev–Trinajstić information content (AvgIpc) is 3.60. The van der Waals surface area contributed by atoms with E-state index in [-0.39, 0.29) is 36.8 Å². The Morgan fingerprint density at radius 1 is 1.00 bits per heavy atom. The lowest BCUT2D eigenvalue weighted by molar-refractivity contribution is -0.123. The van der Waals surface area contributed by atoms with E-state index in [1.54, 1.807) is 35.4 Å². The maximum atomic E-state index is 13.0. The summed E-state index contributed by atoms with van der Waals surface area (Å²) in [6.45, 7) is 0.835. The number of carbonyl (C=O) groups excluding carboxylic acids is 3. The number of methoxy groups -OCH3 is 1. The van der Waals surface area contributed by atoms with E-state index in [1.807, 2.05) is 30.3 Å². The number of rotatable bonds is 2. The molecule has 198 valence electrons. The third-order valence-electron chi connectivity index (χ3n) is 6.66. The Morgan fingerprint density at radius 2 is 1.82 bits per heavy atom. The zero-order valence-corrected chi connectivity index (χ0v) is 21.1. The van der Waals surface area contributed by atoms with Gasteiger partial charge in [0.25, 0.3) is 11.8 Å². The van der Waals surface area contributed by atoms with E-state index in [2.05, 4.69) is 15.6 Å². The van der Waals surface area contributed by atoms with Crippen molar-refractivity contribution in [1.29, 1.82) is 0 Å². The highest BCUT2D eigenvalue weighted by molar-refractivity contribution is 5.92. The number of aromatic nitrogens is 1. The van der Waals surface area contributed by atoms with Crippen LogP contribution in [0.2, 0.25) is 0 Å². The van der Waals surface area contributed by atoms with Gasteiger partial charge in [-0.2, -0.15) is 0 Å². The maximum absolute atomic E-state index is 13.0. The lowest BCUT2D eigenvalue weighted by Gasteiger charge is -2.21. The Morgan fingerprint density at radius 3 is 2.58 bits per heavy atom. The van der Waals surface area contributed by atoms with E-state index in [4.69, 9.17) is 14.2 Å². The summed E-state index contributed by atoms with van der Waals surface area (Å²) in [7, 11) is 1.53. The van der Waals surface area contributed by atoms with Gasteiger partial charge in [-0.3, -0.25) is 14.4 Å². The van der Waals surface area contributed by atoms with E-state index in [1.165, 1.54) is 7.11 Å². The van der Waals surface area contributed by atoms with Crippen molar-refractivity contribution < 1.29 is 28.6 Å². The van der Waals surface area contributed by atoms with Crippen molar-refractivity contribution in [2.75, 3.05) is 26.8 Å². The Labute approximate surface area is 220 Å². The molecule has 10 nitrogen and oxygen atoms in total. The highest BCUT2D eigenvalue weighted by Gasteiger charge is 2.38. The minimum atomic E-state index is -0.425. The predicted octanol–water partition coefficient (Wildman–Crippen LogP) is 2.05. The molecule has 3 N–H and O–H groups in total. The van der Waals surface area contributed by atoms with Crippen LogP contribution in [0, 0.1) is 0 Å². The molecule has 38 heavy (non-hydrogen) atoms. The van der Waals surface area contributed by atoms with Gasteiger partial charge in [-0.1, -0.05) is 18.2 Å². The molecule has 2 atom stereocenters. The largest absolute Gasteiger partial charge is 0.493 e. The molecule has 2 aromatic carbocycles. The standard InChI is InChI=1S/C28H30N4O6/c1-36-23-10-6-18-7-11-26(33)31-22-15-32(28(35)21-3-2-12-29-21)16-25(22)38-20-8-4-19(5-9-20)14-30-27(34)17-37-24(23)13-18/h2-6,8-10,12-13,22,25,29H,7,11,14-17H2,1H3,(H,30,34)(H,31,33)/t22-,25-/m0/s1. The lowest BCUT2D eigenvalue weighted by Crippen LogP contribution is -2.45. The fourth-order valence-corrected chi connectivity index (χ4v) is 4.61. The van der Waals surface area contributed by atoms with Crippen LogP contribution in [-0.2, 0) is 22.6 Å². The second kappa shape index (κ2) is 11.3. The van der Waals surface area contributed by atoms with Gasteiger partial charge in [0.05, 0.1) is 19.7 Å². The minimum Gasteiger partial charge on any atom is -0.493 e. The molecule has 0 aliphatic carbocycles. The summed E-state index contributed by atoms with van der Waals surface area (Å²) >= 11 is 0. The molecule has 0 unspecified atom stereocenters. The van der Waals surface area contributed by atoms with Gasteiger partial charge in [0.15, 0.2) is 18.1 Å². The molecule has 0 saturated carbocycles. The lowest BCUT2D eigenvalue weighted by atomic mass is 10.1. The molecule has 4 bridgehead atoms. The number of amides is 3. The molecule has 0 spiro atoms. The molecule has 3 aromatic rings. The maximum Gasteiger partial charge on any atom is 0.270 e. The Balaban J connectivity index is 1.37. The van der Waals surface area contributed by atoms with Crippen LogP contribution in [0.4, 0.5) is 0 Å². The third-order valence-corrected chi connectivity index (χ3v) is 6.66. The van der Waals surface area contributed by atoms with Crippen molar-refractivity contribution in [2.45, 2.75) is 31.5 Å². The predicted molar refractivity (Wildman–Crippen MR) is 138 cm³/mol. The topological polar surface area (TPSA) is 122 Å². The number of H-pyrrole nitrogens is 1. The number of nitrogens with one attached hydrogen (secondary N) is 3. The van der Waals surface area contributed by atoms with Crippen molar-refractivity contribution in [3.63, 3.8) is 0 Å². The van der Waals surface area contributed by atoms with Gasteiger partial charge in [-0.05, 0) is 53.9 Å². The SMILES string of the molecule is COc1ccc2cc1OCC(=O)NCc1ccc(cc1)O[C@H]1CN(C(=O)c3ccc[nH]3)C[C@@H]1NC(=O)CC2. The van der Waals surface area contributed by atoms with Crippen LogP contribution in [0.5, 0.6) is 17.2 Å². The Hall–Kier alpha value is -4.47. The second-order valence-electron chi connectivity index (χ2n) is 9.32. The van der Waals surface area contributed by atoms with Crippen LogP contribution < -0.4 is 24.8 Å². The number of carbonyl (C=O) groups is 3. The number of likely N-dealkylation sites (tertiary alicyclic amines) is 1. The first-order valence-electron chi connectivity index (χ1n) is 12.5. The van der Waals surface area contributed by atoms with Gasteiger partial charge < -0.3 is 34.7 Å². The van der Waals surface area contributed by atoms with Crippen molar-refractivity contribution in [3.8, 4) is 17.2 Å². The quantitative estimate of drug-likeness (QED) is 0.478. The van der Waals surface area contributed by atoms with Crippen LogP contribution in [0.15, 0.2) is 60.8 Å². The normalized spacial score (nSPS) is 20.1. The number of hydrogen-bond acceptors (Lipinski definition) is 6. The summed E-state index contributed by atoms with van der Waals surface area (Å²) in [6.07, 6.45) is 1.97. The highest BCUT2D eigenvalue weighted by Crippen LogP contribution is 2.29. The second-order valence-corrected chi connectivity index (χ2v) is 9.32. The number of fused-ring (bicyclic) bond motifs is 9. The molecule has 4 heterocycles. The number of aryl methyl sites for hydroxylation is 1. The fraction of sp³-hybridized carbons (Fsp3) is 0.321. The number of aromatic amines is 1. The van der Waals surface area contributed by atoms with Crippen molar-refractivity contribution in [1.82, 2.24) is 20.5 Å². The number of nitrogens with zero attached hydrogens (tertiary/aromatic N) is 1. The summed E-state index contributed by atoms with van der Waals surface area (Å²) in [5.74, 6) is 0.990. The van der Waals surface area contributed by atoms with E-state index < -0.39 is 6.10 Å². The zero-order valence-electron chi connectivity index (χ0n) is 21.1. The van der Waals surface area contributed by atoms with Crippen LogP contribution in [0.3, 0.4) is 0 Å². The summed E-state index contributed by atoms with van der Waals surface area (Å²) < 4.78 is 17.3. The van der Waals surface area contributed by atoms with Gasteiger partial charge in [-0.15, -0.1) is 0 Å². The molecule has 0 radical (unpaired) electrons. The van der Waals surface area contributed by atoms with Crippen LogP contribution in [-0.4, -0.2) is 66.6 Å². The first-order chi connectivity index (χ1) is 18.5. The fourth-order valence-electron chi connectivity index (χ4n) is 4.61. The summed E-state index contributed by atoms with van der Waals surface area (Å²) in [6, 6.07) is 15.9. The van der Waals surface area contributed by atoms with Gasteiger partial charge >= 0.3 is 0 Å². The van der Waals surface area contributed by atoms with Gasteiger partial charge in [0, 0.05) is 25.7 Å². The molecule has 3 aliphatic heterocycles. The first-order valence-corrected chi connectivity index (χ1v) is 12.5. The van der Waals surface area contributed by atoms with Crippen LogP contribution in [0.1, 0.15) is 28.0 Å². The monoisotopic (exact) mass is 518 g/mol. The zero-order chi connectivity index (χ0) is 26.5. The molecule has 3 amide bonds. The molecule has 3 aliphatic rings. The number of benzene rings is 2. The number of ether oxygens (including phenoxy) is 3. The molecule has 1 aromatic heterocycles. The highest BCUT2D eigenvalue weighted by atomic mass is 16.5. The molecule has 1 fully saturated rings.